The van der Waals surface area contributed by atoms with Crippen molar-refractivity contribution < 1.29 is 14.4 Å². The Balaban J connectivity index is 2.46. The first kappa shape index (κ1) is 11.1. The summed E-state index contributed by atoms with van der Waals surface area (Å²) in [4.78, 5) is 14.3. The van der Waals surface area contributed by atoms with Gasteiger partial charge in [0, 0.05) is 4.47 Å². The summed E-state index contributed by atoms with van der Waals surface area (Å²) in [5, 5.41) is 12.3. The van der Waals surface area contributed by atoms with E-state index in [0.29, 0.717) is 10.6 Å². The topological polar surface area (TPSA) is 76.2 Å². The number of rotatable bonds is 2. The van der Waals surface area contributed by atoms with Gasteiger partial charge in [-0.2, -0.15) is 4.98 Å². The monoisotopic (exact) mass is 302 g/mol. The molecule has 0 aliphatic rings. The van der Waals surface area contributed by atoms with E-state index in [1.807, 2.05) is 0 Å². The Labute approximate surface area is 103 Å². The van der Waals surface area contributed by atoms with Crippen LogP contribution in [0.5, 0.6) is 0 Å². The molecule has 82 valence electrons. The van der Waals surface area contributed by atoms with Crippen molar-refractivity contribution in [2.24, 2.45) is 0 Å². The van der Waals surface area contributed by atoms with Crippen LogP contribution in [0.2, 0.25) is 5.02 Å². The third kappa shape index (κ3) is 2.07. The number of carbonyl (C=O) groups is 1. The maximum absolute atomic E-state index is 10.6. The van der Waals surface area contributed by atoms with Crippen molar-refractivity contribution in [1.82, 2.24) is 10.1 Å². The fraction of sp³-hybridized carbons (Fsp3) is 0. The average molecular weight is 303 g/mol. The molecule has 0 spiro atoms. The van der Waals surface area contributed by atoms with Crippen LogP contribution < -0.4 is 0 Å². The van der Waals surface area contributed by atoms with Gasteiger partial charge in [-0.25, -0.2) is 4.79 Å². The Bertz CT molecular complexity index is 555. The summed E-state index contributed by atoms with van der Waals surface area (Å²) in [6.07, 6.45) is 0. The molecule has 7 heteroatoms. The van der Waals surface area contributed by atoms with Gasteiger partial charge in [-0.15, -0.1) is 0 Å². The lowest BCUT2D eigenvalue weighted by Gasteiger charge is -1.98. The molecule has 0 aliphatic carbocycles. The van der Waals surface area contributed by atoms with Crippen LogP contribution in [0.3, 0.4) is 0 Å². The van der Waals surface area contributed by atoms with E-state index >= 15 is 0 Å². The van der Waals surface area contributed by atoms with Gasteiger partial charge < -0.3 is 9.63 Å². The van der Waals surface area contributed by atoms with Crippen LogP contribution in [-0.2, 0) is 0 Å². The second-order valence-electron chi connectivity index (χ2n) is 2.85. The summed E-state index contributed by atoms with van der Waals surface area (Å²) in [6.45, 7) is 0. The number of aromatic nitrogens is 2. The molecule has 1 heterocycles. The van der Waals surface area contributed by atoms with Gasteiger partial charge in [0.1, 0.15) is 0 Å². The number of benzene rings is 1. The van der Waals surface area contributed by atoms with Gasteiger partial charge in [-0.1, -0.05) is 27.5 Å². The summed E-state index contributed by atoms with van der Waals surface area (Å²) in [5.74, 6) is -1.56. The molecule has 2 rings (SSSR count). The van der Waals surface area contributed by atoms with Crippen molar-refractivity contribution in [3.8, 4) is 11.5 Å². The molecule has 0 saturated heterocycles. The Morgan fingerprint density at radius 1 is 1.50 bits per heavy atom. The lowest BCUT2D eigenvalue weighted by molar-refractivity contribution is 0.0680. The largest absolute Gasteiger partial charge is 0.475 e. The third-order valence-electron chi connectivity index (χ3n) is 1.78. The van der Waals surface area contributed by atoms with Crippen LogP contribution in [0.25, 0.3) is 11.5 Å². The van der Waals surface area contributed by atoms with E-state index in [1.165, 1.54) is 0 Å². The molecule has 0 bridgehead atoms. The predicted octanol–water partition coefficient (Wildman–Crippen LogP) is 2.85. The van der Waals surface area contributed by atoms with Gasteiger partial charge in [0.25, 0.3) is 11.7 Å². The van der Waals surface area contributed by atoms with Gasteiger partial charge >= 0.3 is 5.97 Å². The number of halogens is 2. The van der Waals surface area contributed by atoms with E-state index in [2.05, 4.69) is 26.1 Å². The van der Waals surface area contributed by atoms with E-state index in [1.54, 1.807) is 18.2 Å². The summed E-state index contributed by atoms with van der Waals surface area (Å²) in [7, 11) is 0. The average Bonchev–Trinajstić information content (AvgIpc) is 2.66. The van der Waals surface area contributed by atoms with E-state index in [0.717, 1.165) is 4.47 Å². The van der Waals surface area contributed by atoms with Crippen LogP contribution in [0.15, 0.2) is 27.2 Å². The number of hydrogen-bond acceptors (Lipinski definition) is 4. The quantitative estimate of drug-likeness (QED) is 0.923. The highest BCUT2D eigenvalue weighted by molar-refractivity contribution is 9.10. The smallest absolute Gasteiger partial charge is 0.377 e. The molecule has 0 amide bonds. The highest BCUT2D eigenvalue weighted by Crippen LogP contribution is 2.29. The first-order chi connectivity index (χ1) is 7.58. The van der Waals surface area contributed by atoms with Gasteiger partial charge in [0.15, 0.2) is 0 Å². The van der Waals surface area contributed by atoms with Crippen molar-refractivity contribution in [3.63, 3.8) is 0 Å². The molecule has 16 heavy (non-hydrogen) atoms. The normalized spacial score (nSPS) is 10.4. The minimum atomic E-state index is -1.25. The molecule has 1 aromatic carbocycles. The van der Waals surface area contributed by atoms with Gasteiger partial charge in [-0.05, 0) is 23.4 Å². The van der Waals surface area contributed by atoms with E-state index in [9.17, 15) is 4.79 Å². The van der Waals surface area contributed by atoms with Crippen LogP contribution in [0.1, 0.15) is 10.6 Å². The fourth-order valence-corrected chi connectivity index (χ4v) is 1.84. The fourth-order valence-electron chi connectivity index (χ4n) is 1.08. The maximum atomic E-state index is 10.6. The van der Waals surface area contributed by atoms with Gasteiger partial charge in [-0.3, -0.25) is 0 Å². The number of hydrogen-bond donors (Lipinski definition) is 1. The van der Waals surface area contributed by atoms with E-state index < -0.39 is 11.8 Å². The highest BCUT2D eigenvalue weighted by atomic mass is 79.9. The molecule has 0 aliphatic heterocycles. The van der Waals surface area contributed by atoms with Crippen molar-refractivity contribution in [2.75, 3.05) is 0 Å². The van der Waals surface area contributed by atoms with E-state index in [-0.39, 0.29) is 5.89 Å². The third-order valence-corrected chi connectivity index (χ3v) is 2.58. The van der Waals surface area contributed by atoms with Gasteiger partial charge in [0.2, 0.25) is 0 Å². The van der Waals surface area contributed by atoms with Crippen molar-refractivity contribution >= 4 is 33.5 Å². The van der Waals surface area contributed by atoms with Crippen LogP contribution in [0.4, 0.5) is 0 Å². The van der Waals surface area contributed by atoms with Crippen molar-refractivity contribution in [1.29, 1.82) is 0 Å². The second kappa shape index (κ2) is 4.23. The zero-order chi connectivity index (χ0) is 11.7. The van der Waals surface area contributed by atoms with Crippen molar-refractivity contribution in [3.05, 3.63) is 33.5 Å². The molecular formula is C9H4BrClN2O3. The Hall–Kier alpha value is -1.40. The molecule has 5 nitrogen and oxygen atoms in total. The van der Waals surface area contributed by atoms with E-state index in [4.69, 9.17) is 21.2 Å². The molecule has 0 atom stereocenters. The zero-order valence-electron chi connectivity index (χ0n) is 7.65. The maximum Gasteiger partial charge on any atom is 0.377 e. The number of carboxylic acids is 1. The Morgan fingerprint density at radius 2 is 2.25 bits per heavy atom. The molecular weight excluding hydrogens is 299 g/mol. The number of nitrogens with zero attached hydrogens (tertiary/aromatic N) is 2. The first-order valence-corrected chi connectivity index (χ1v) is 5.27. The molecule has 0 saturated carbocycles. The minimum Gasteiger partial charge on any atom is -0.475 e. The lowest BCUT2D eigenvalue weighted by Crippen LogP contribution is -1.98. The zero-order valence-corrected chi connectivity index (χ0v) is 9.99. The minimum absolute atomic E-state index is 0.0786. The molecule has 2 aromatic rings. The number of aromatic carboxylic acids is 1. The van der Waals surface area contributed by atoms with Crippen molar-refractivity contribution in [2.45, 2.75) is 0 Å². The molecule has 1 N–H and O–H groups in total. The van der Waals surface area contributed by atoms with Gasteiger partial charge in [0.05, 0.1) is 10.6 Å². The molecule has 0 radical (unpaired) electrons. The summed E-state index contributed by atoms with van der Waals surface area (Å²) in [6, 6.07) is 5.05. The first-order valence-electron chi connectivity index (χ1n) is 4.10. The standard InChI is InChI=1S/C9H4BrClN2O3/c10-4-1-2-5(6(11)3-4)8-12-7(9(14)15)13-16-8/h1-3H,(H,14,15). The van der Waals surface area contributed by atoms with Crippen LogP contribution >= 0.6 is 27.5 Å². The predicted molar refractivity (Wildman–Crippen MR) is 59.4 cm³/mol. The summed E-state index contributed by atoms with van der Waals surface area (Å²) < 4.78 is 5.60. The Morgan fingerprint density at radius 3 is 2.81 bits per heavy atom. The summed E-state index contributed by atoms with van der Waals surface area (Å²) >= 11 is 9.20. The van der Waals surface area contributed by atoms with Crippen LogP contribution in [-0.4, -0.2) is 21.2 Å². The highest BCUT2D eigenvalue weighted by Gasteiger charge is 2.16. The molecule has 0 fully saturated rings. The second-order valence-corrected chi connectivity index (χ2v) is 4.18. The lowest BCUT2D eigenvalue weighted by atomic mass is 10.2. The van der Waals surface area contributed by atoms with Crippen LogP contribution in [0, 0.1) is 0 Å². The Kier molecular flexibility index (Phi) is 2.93. The molecule has 0 unspecified atom stereocenters. The SMILES string of the molecule is O=C(O)c1noc(-c2ccc(Br)cc2Cl)n1. The number of carboxylic acid groups (broad SMARTS) is 1. The molecule has 1 aromatic heterocycles. The summed E-state index contributed by atoms with van der Waals surface area (Å²) in [5.41, 5.74) is 0.491.